The van der Waals surface area contributed by atoms with E-state index in [4.69, 9.17) is 0 Å². The zero-order chi connectivity index (χ0) is 13.7. The van der Waals surface area contributed by atoms with Crippen molar-refractivity contribution >= 4 is 53.7 Å². The summed E-state index contributed by atoms with van der Waals surface area (Å²) in [6, 6.07) is 5.01. The highest BCUT2D eigenvalue weighted by Crippen LogP contribution is 2.23. The van der Waals surface area contributed by atoms with Gasteiger partial charge in [0, 0.05) is 20.8 Å². The van der Waals surface area contributed by atoms with Crippen LogP contribution in [0, 0.1) is 0 Å². The second kappa shape index (κ2) is 7.55. The molecule has 0 aliphatic carbocycles. The molecule has 18 heavy (non-hydrogen) atoms. The van der Waals surface area contributed by atoms with E-state index in [0.29, 0.717) is 15.4 Å². The van der Waals surface area contributed by atoms with Crippen LogP contribution in [0.1, 0.15) is 10.4 Å². The van der Waals surface area contributed by atoms with Gasteiger partial charge in [-0.2, -0.15) is 0 Å². The van der Waals surface area contributed by atoms with Crippen LogP contribution in [0.4, 0.5) is 8.78 Å². The Labute approximate surface area is 129 Å². The van der Waals surface area contributed by atoms with E-state index in [0.717, 1.165) is 9.37 Å². The van der Waals surface area contributed by atoms with Gasteiger partial charge in [-0.3, -0.25) is 4.79 Å². The van der Waals surface area contributed by atoms with Crippen LogP contribution in [-0.4, -0.2) is 35.7 Å². The number of alkyl halides is 3. The number of amides is 1. The molecule has 0 bridgehead atoms. The maximum absolute atomic E-state index is 12.4. The second-order valence-electron chi connectivity index (χ2n) is 3.46. The third-order valence-electron chi connectivity index (χ3n) is 2.16. The Hall–Kier alpha value is -0.0100. The fourth-order valence-corrected chi connectivity index (χ4v) is 3.02. The average molecular weight is 450 g/mol. The normalized spacial score (nSPS) is 10.8. The van der Waals surface area contributed by atoms with Crippen LogP contribution in [-0.2, 0) is 0 Å². The van der Waals surface area contributed by atoms with E-state index in [-0.39, 0.29) is 6.54 Å². The van der Waals surface area contributed by atoms with Crippen molar-refractivity contribution in [3.63, 3.8) is 0 Å². The second-order valence-corrected chi connectivity index (χ2v) is 6.02. The van der Waals surface area contributed by atoms with Gasteiger partial charge in [0.1, 0.15) is 0 Å². The van der Waals surface area contributed by atoms with E-state index in [2.05, 4.69) is 47.8 Å². The zero-order valence-electron chi connectivity index (χ0n) is 9.18. The van der Waals surface area contributed by atoms with Gasteiger partial charge in [-0.25, -0.2) is 8.78 Å². The fraction of sp³-hybridized carbons (Fsp3) is 0.364. The van der Waals surface area contributed by atoms with Crippen LogP contribution in [0.25, 0.3) is 0 Å². The zero-order valence-corrected chi connectivity index (χ0v) is 13.9. The molecule has 0 heterocycles. The average Bonchev–Trinajstić information content (AvgIpc) is 2.27. The lowest BCUT2D eigenvalue weighted by Gasteiger charge is -2.22. The molecular formula is C11H10Br3F2NO. The van der Waals surface area contributed by atoms with Crippen LogP contribution in [0.15, 0.2) is 27.1 Å². The predicted molar refractivity (Wildman–Crippen MR) is 77.5 cm³/mol. The lowest BCUT2D eigenvalue weighted by Crippen LogP contribution is -2.36. The molecule has 7 heteroatoms. The minimum Gasteiger partial charge on any atom is -0.332 e. The number of nitrogens with zero attached hydrogens (tertiary/aromatic N) is 1. The van der Waals surface area contributed by atoms with E-state index >= 15 is 0 Å². The number of carbonyl (C=O) groups excluding carboxylic acids is 1. The number of carbonyl (C=O) groups is 1. The van der Waals surface area contributed by atoms with Crippen molar-refractivity contribution in [1.82, 2.24) is 4.90 Å². The molecular weight excluding hydrogens is 440 g/mol. The highest BCUT2D eigenvalue weighted by Gasteiger charge is 2.21. The standard InChI is InChI=1S/C11H10Br3F2NO/c12-3-4-17(6-10(15)16)11(18)8-2-1-7(13)5-9(8)14/h1-2,5,10H,3-4,6H2. The van der Waals surface area contributed by atoms with Gasteiger partial charge in [-0.05, 0) is 34.1 Å². The first-order chi connectivity index (χ1) is 8.45. The van der Waals surface area contributed by atoms with Crippen molar-refractivity contribution < 1.29 is 13.6 Å². The Morgan fingerprint density at radius 3 is 2.50 bits per heavy atom. The highest BCUT2D eigenvalue weighted by molar-refractivity contribution is 9.11. The van der Waals surface area contributed by atoms with Gasteiger partial charge < -0.3 is 4.90 Å². The van der Waals surface area contributed by atoms with E-state index in [1.54, 1.807) is 18.2 Å². The van der Waals surface area contributed by atoms with Crippen molar-refractivity contribution in [2.45, 2.75) is 6.43 Å². The van der Waals surface area contributed by atoms with Crippen LogP contribution in [0.3, 0.4) is 0 Å². The van der Waals surface area contributed by atoms with Crippen LogP contribution < -0.4 is 0 Å². The van der Waals surface area contributed by atoms with Crippen LogP contribution in [0.2, 0.25) is 0 Å². The summed E-state index contributed by atoms with van der Waals surface area (Å²) >= 11 is 9.68. The molecule has 0 radical (unpaired) electrons. The highest BCUT2D eigenvalue weighted by atomic mass is 79.9. The maximum Gasteiger partial charge on any atom is 0.255 e. The summed E-state index contributed by atoms with van der Waals surface area (Å²) in [5, 5.41) is 0.458. The van der Waals surface area contributed by atoms with Crippen molar-refractivity contribution in [3.8, 4) is 0 Å². The first-order valence-corrected chi connectivity index (χ1v) is 7.75. The van der Waals surface area contributed by atoms with Crippen LogP contribution in [0.5, 0.6) is 0 Å². The Kier molecular flexibility index (Phi) is 6.73. The molecule has 1 aromatic rings. The van der Waals surface area contributed by atoms with E-state index in [9.17, 15) is 13.6 Å². The van der Waals surface area contributed by atoms with E-state index < -0.39 is 18.9 Å². The summed E-state index contributed by atoms with van der Waals surface area (Å²) in [5.41, 5.74) is 0.375. The maximum atomic E-state index is 12.4. The third-order valence-corrected chi connectivity index (χ3v) is 3.67. The SMILES string of the molecule is O=C(c1ccc(Br)cc1Br)N(CCBr)CC(F)F. The first kappa shape index (κ1) is 16.0. The molecule has 0 aromatic heterocycles. The number of halogens is 5. The topological polar surface area (TPSA) is 20.3 Å². The summed E-state index contributed by atoms with van der Waals surface area (Å²) in [7, 11) is 0. The van der Waals surface area contributed by atoms with Crippen molar-refractivity contribution in [3.05, 3.63) is 32.7 Å². The van der Waals surface area contributed by atoms with Gasteiger partial charge >= 0.3 is 0 Å². The van der Waals surface area contributed by atoms with E-state index in [1.807, 2.05) is 0 Å². The number of benzene rings is 1. The van der Waals surface area contributed by atoms with Gasteiger partial charge in [0.15, 0.2) is 0 Å². The summed E-state index contributed by atoms with van der Waals surface area (Å²) in [6.45, 7) is -0.321. The summed E-state index contributed by atoms with van der Waals surface area (Å²) in [4.78, 5) is 13.3. The lowest BCUT2D eigenvalue weighted by molar-refractivity contribution is 0.0571. The largest absolute Gasteiger partial charge is 0.332 e. The molecule has 0 saturated heterocycles. The number of hydrogen-bond acceptors (Lipinski definition) is 1. The van der Waals surface area contributed by atoms with Crippen molar-refractivity contribution in [2.75, 3.05) is 18.4 Å². The number of hydrogen-bond donors (Lipinski definition) is 0. The van der Waals surface area contributed by atoms with Crippen LogP contribution >= 0.6 is 47.8 Å². The first-order valence-electron chi connectivity index (χ1n) is 5.04. The molecule has 1 amide bonds. The molecule has 100 valence electrons. The Morgan fingerprint density at radius 1 is 1.33 bits per heavy atom. The van der Waals surface area contributed by atoms with Crippen molar-refractivity contribution in [1.29, 1.82) is 0 Å². The Bertz CT molecular complexity index is 429. The molecule has 0 aliphatic heterocycles. The van der Waals surface area contributed by atoms with Gasteiger partial charge in [0.2, 0.25) is 0 Å². The molecule has 0 spiro atoms. The molecule has 0 aliphatic rings. The molecule has 0 unspecified atom stereocenters. The molecule has 0 atom stereocenters. The fourth-order valence-electron chi connectivity index (χ4n) is 1.38. The molecule has 0 saturated carbocycles. The third kappa shape index (κ3) is 4.59. The Balaban J connectivity index is 2.94. The number of rotatable bonds is 5. The quantitative estimate of drug-likeness (QED) is 0.613. The molecule has 2 nitrogen and oxygen atoms in total. The summed E-state index contributed by atoms with van der Waals surface area (Å²) in [5.74, 6) is -0.408. The molecule has 0 fully saturated rings. The molecule has 1 aromatic carbocycles. The minimum atomic E-state index is -2.54. The summed E-state index contributed by atoms with van der Waals surface area (Å²) in [6.07, 6.45) is -2.54. The van der Waals surface area contributed by atoms with Gasteiger partial charge in [-0.15, -0.1) is 0 Å². The van der Waals surface area contributed by atoms with Gasteiger partial charge in [0.25, 0.3) is 12.3 Å². The monoisotopic (exact) mass is 447 g/mol. The predicted octanol–water partition coefficient (Wildman–Crippen LogP) is 4.31. The van der Waals surface area contributed by atoms with Crippen molar-refractivity contribution in [2.24, 2.45) is 0 Å². The molecule has 0 N–H and O–H groups in total. The van der Waals surface area contributed by atoms with Gasteiger partial charge in [-0.1, -0.05) is 31.9 Å². The lowest BCUT2D eigenvalue weighted by atomic mass is 10.2. The Morgan fingerprint density at radius 2 is 2.00 bits per heavy atom. The summed E-state index contributed by atoms with van der Waals surface area (Å²) < 4.78 is 26.2. The van der Waals surface area contributed by atoms with E-state index in [1.165, 1.54) is 0 Å². The van der Waals surface area contributed by atoms with Gasteiger partial charge in [0.05, 0.1) is 12.1 Å². The smallest absolute Gasteiger partial charge is 0.255 e. The molecule has 1 rings (SSSR count). The minimum absolute atomic E-state index is 0.242.